The van der Waals surface area contributed by atoms with Crippen LogP contribution < -0.4 is 5.32 Å². The van der Waals surface area contributed by atoms with Crippen molar-refractivity contribution in [2.75, 3.05) is 11.9 Å². The van der Waals surface area contributed by atoms with Crippen LogP contribution in [0.3, 0.4) is 0 Å². The van der Waals surface area contributed by atoms with Gasteiger partial charge in [-0.2, -0.15) is 0 Å². The lowest BCUT2D eigenvalue weighted by Gasteiger charge is -2.19. The van der Waals surface area contributed by atoms with Gasteiger partial charge in [-0.05, 0) is 43.7 Å². The van der Waals surface area contributed by atoms with Crippen LogP contribution in [0.4, 0.5) is 5.13 Å². The van der Waals surface area contributed by atoms with E-state index in [1.807, 2.05) is 24.3 Å². The zero-order valence-electron chi connectivity index (χ0n) is 16.2. The minimum Gasteiger partial charge on any atom is -0.452 e. The number of ether oxygens (including phenoxy) is 1. The van der Waals surface area contributed by atoms with Gasteiger partial charge in [0.2, 0.25) is 5.13 Å². The Bertz CT molecular complexity index is 1060. The topological polar surface area (TPSA) is 94.1 Å². The van der Waals surface area contributed by atoms with Gasteiger partial charge in [-0.1, -0.05) is 36.5 Å². The first-order chi connectivity index (χ1) is 14.2. The lowest BCUT2D eigenvalue weighted by molar-refractivity contribution is -0.119. The average molecular weight is 410 g/mol. The van der Waals surface area contributed by atoms with E-state index in [9.17, 15) is 9.59 Å². The summed E-state index contributed by atoms with van der Waals surface area (Å²) >= 11 is 1.33. The van der Waals surface area contributed by atoms with E-state index in [0.717, 1.165) is 65.7 Å². The van der Waals surface area contributed by atoms with Crippen LogP contribution >= 0.6 is 11.3 Å². The number of nitrogens with zero attached hydrogens (tertiary/aromatic N) is 3. The maximum absolute atomic E-state index is 12.9. The molecule has 0 spiro atoms. The van der Waals surface area contributed by atoms with E-state index in [1.165, 1.54) is 11.3 Å². The van der Waals surface area contributed by atoms with Crippen LogP contribution in [-0.4, -0.2) is 33.7 Å². The highest BCUT2D eigenvalue weighted by Gasteiger charge is 2.24. The number of hydrogen-bond acceptors (Lipinski definition) is 7. The van der Waals surface area contributed by atoms with E-state index in [0.29, 0.717) is 10.7 Å². The van der Waals surface area contributed by atoms with Crippen LogP contribution in [0, 0.1) is 0 Å². The largest absolute Gasteiger partial charge is 0.452 e. The summed E-state index contributed by atoms with van der Waals surface area (Å²) < 4.78 is 5.37. The fraction of sp³-hybridized carbons (Fsp3) is 0.381. The molecule has 0 saturated carbocycles. The maximum Gasteiger partial charge on any atom is 0.339 e. The van der Waals surface area contributed by atoms with Gasteiger partial charge in [0.15, 0.2) is 6.61 Å². The molecule has 0 atom stereocenters. The lowest BCUT2D eigenvalue weighted by Crippen LogP contribution is -2.22. The molecule has 150 valence electrons. The number of benzene rings is 1. The summed E-state index contributed by atoms with van der Waals surface area (Å²) in [7, 11) is 0. The van der Waals surface area contributed by atoms with E-state index < -0.39 is 11.9 Å². The van der Waals surface area contributed by atoms with Crippen LogP contribution in [0.15, 0.2) is 24.3 Å². The molecule has 8 heteroatoms. The van der Waals surface area contributed by atoms with Crippen molar-refractivity contribution in [3.63, 3.8) is 0 Å². The van der Waals surface area contributed by atoms with Gasteiger partial charge >= 0.3 is 5.97 Å². The number of pyridine rings is 1. The van der Waals surface area contributed by atoms with E-state index in [4.69, 9.17) is 9.72 Å². The molecule has 0 unspecified atom stereocenters. The minimum absolute atomic E-state index is 0.368. The molecule has 1 amide bonds. The summed E-state index contributed by atoms with van der Waals surface area (Å²) in [6.07, 6.45) is 5.53. The first-order valence-corrected chi connectivity index (χ1v) is 10.7. The molecule has 4 rings (SSSR count). The van der Waals surface area contributed by atoms with Gasteiger partial charge in [0, 0.05) is 17.5 Å². The number of anilines is 1. The molecule has 0 saturated heterocycles. The predicted molar refractivity (Wildman–Crippen MR) is 111 cm³/mol. The van der Waals surface area contributed by atoms with Crippen LogP contribution in [0.25, 0.3) is 10.9 Å². The number of hydrogen-bond donors (Lipinski definition) is 1. The van der Waals surface area contributed by atoms with Gasteiger partial charge in [-0.3, -0.25) is 15.1 Å². The highest BCUT2D eigenvalue weighted by atomic mass is 32.1. The second kappa shape index (κ2) is 8.65. The molecule has 29 heavy (non-hydrogen) atoms. The smallest absolute Gasteiger partial charge is 0.339 e. The molecule has 1 aromatic carbocycles. The molecule has 3 aromatic rings. The van der Waals surface area contributed by atoms with E-state index in [1.54, 1.807) is 0 Å². The summed E-state index contributed by atoms with van der Waals surface area (Å²) in [6.45, 7) is 1.69. The summed E-state index contributed by atoms with van der Waals surface area (Å²) in [5, 5.41) is 12.7. The van der Waals surface area contributed by atoms with Crippen molar-refractivity contribution in [2.24, 2.45) is 0 Å². The van der Waals surface area contributed by atoms with Gasteiger partial charge in [0.1, 0.15) is 5.01 Å². The molecular formula is C21H22N4O3S. The zero-order chi connectivity index (χ0) is 20.2. The highest BCUT2D eigenvalue weighted by Crippen LogP contribution is 2.29. The van der Waals surface area contributed by atoms with Crippen molar-refractivity contribution in [1.29, 1.82) is 0 Å². The second-order valence-electron chi connectivity index (χ2n) is 7.01. The van der Waals surface area contributed by atoms with Gasteiger partial charge < -0.3 is 4.74 Å². The van der Waals surface area contributed by atoms with Crippen molar-refractivity contribution in [2.45, 2.75) is 45.4 Å². The molecule has 0 bridgehead atoms. The second-order valence-corrected chi connectivity index (χ2v) is 8.07. The molecule has 0 aliphatic heterocycles. The SMILES string of the molecule is CCCc1nnc(NC(=O)COC(=O)c2c3c(nc4ccccc24)CCCC3)s1. The van der Waals surface area contributed by atoms with E-state index in [-0.39, 0.29) is 6.61 Å². The molecule has 7 nitrogen and oxygen atoms in total. The monoisotopic (exact) mass is 410 g/mol. The quantitative estimate of drug-likeness (QED) is 0.623. The van der Waals surface area contributed by atoms with Crippen molar-refractivity contribution >= 4 is 39.2 Å². The maximum atomic E-state index is 12.9. The summed E-state index contributed by atoms with van der Waals surface area (Å²) in [4.78, 5) is 29.9. The molecule has 1 aliphatic rings. The Hall–Kier alpha value is -2.87. The fourth-order valence-electron chi connectivity index (χ4n) is 3.58. The lowest BCUT2D eigenvalue weighted by atomic mass is 9.90. The number of esters is 1. The van der Waals surface area contributed by atoms with Crippen LogP contribution in [0.5, 0.6) is 0 Å². The number of para-hydroxylation sites is 1. The Morgan fingerprint density at radius 1 is 1.17 bits per heavy atom. The predicted octanol–water partition coefficient (Wildman–Crippen LogP) is 3.71. The van der Waals surface area contributed by atoms with Crippen molar-refractivity contribution in [3.8, 4) is 0 Å². The highest BCUT2D eigenvalue weighted by molar-refractivity contribution is 7.15. The van der Waals surface area contributed by atoms with Gasteiger partial charge in [0.05, 0.1) is 11.1 Å². The third-order valence-corrected chi connectivity index (χ3v) is 5.78. The number of carbonyl (C=O) groups excluding carboxylic acids is 2. The Morgan fingerprint density at radius 2 is 2.00 bits per heavy atom. The number of aromatic nitrogens is 3. The van der Waals surface area contributed by atoms with Crippen LogP contribution in [0.1, 0.15) is 52.8 Å². The van der Waals surface area contributed by atoms with Gasteiger partial charge in [-0.15, -0.1) is 10.2 Å². The molecular weight excluding hydrogens is 388 g/mol. The Morgan fingerprint density at radius 3 is 2.86 bits per heavy atom. The number of carbonyl (C=O) groups is 2. The summed E-state index contributed by atoms with van der Waals surface area (Å²) in [5.41, 5.74) is 3.23. The third-order valence-electron chi connectivity index (χ3n) is 4.88. The van der Waals surface area contributed by atoms with Crippen molar-refractivity contribution in [3.05, 3.63) is 46.1 Å². The van der Waals surface area contributed by atoms with Crippen molar-refractivity contribution in [1.82, 2.24) is 15.2 Å². The van der Waals surface area contributed by atoms with Gasteiger partial charge in [-0.25, -0.2) is 4.79 Å². The van der Waals surface area contributed by atoms with Gasteiger partial charge in [0.25, 0.3) is 5.91 Å². The van der Waals surface area contributed by atoms with E-state index in [2.05, 4.69) is 22.4 Å². The minimum atomic E-state index is -0.485. The molecule has 1 N–H and O–H groups in total. The molecule has 0 radical (unpaired) electrons. The van der Waals surface area contributed by atoms with Crippen LogP contribution in [0.2, 0.25) is 0 Å². The zero-order valence-corrected chi connectivity index (χ0v) is 17.1. The Kier molecular flexibility index (Phi) is 5.80. The normalized spacial score (nSPS) is 13.1. The molecule has 2 aromatic heterocycles. The first-order valence-electron chi connectivity index (χ1n) is 9.85. The average Bonchev–Trinajstić information content (AvgIpc) is 3.17. The number of nitrogens with one attached hydrogen (secondary N) is 1. The molecule has 0 fully saturated rings. The standard InChI is InChI=1S/C21H22N4O3S/c1-2-7-18-24-25-21(29-18)23-17(26)12-28-20(27)19-13-8-3-5-10-15(13)22-16-11-6-4-9-14(16)19/h3,5,8,10H,2,4,6-7,9,11-12H2,1H3,(H,23,25,26). The number of amides is 1. The Balaban J connectivity index is 1.49. The summed E-state index contributed by atoms with van der Waals surface area (Å²) in [5.74, 6) is -0.911. The van der Waals surface area contributed by atoms with Crippen molar-refractivity contribution < 1.29 is 14.3 Å². The summed E-state index contributed by atoms with van der Waals surface area (Å²) in [6, 6.07) is 7.56. The third kappa shape index (κ3) is 4.27. The van der Waals surface area contributed by atoms with E-state index >= 15 is 0 Å². The molecule has 2 heterocycles. The number of fused-ring (bicyclic) bond motifs is 2. The Labute approximate surface area is 172 Å². The fourth-order valence-corrected chi connectivity index (χ4v) is 4.44. The first kappa shape index (κ1) is 19.4. The molecule has 1 aliphatic carbocycles. The van der Waals surface area contributed by atoms with Crippen LogP contribution in [-0.2, 0) is 28.8 Å². The number of rotatable bonds is 6. The number of aryl methyl sites for hydroxylation is 2.